The molecular formula is C20H25N3O5. The molecule has 8 nitrogen and oxygen atoms in total. The number of nitrogens with one attached hydrogen (secondary N) is 2. The number of para-hydroxylation sites is 1. The number of anilines is 1. The third-order valence-corrected chi connectivity index (χ3v) is 3.73. The molecule has 0 bridgehead atoms. The van der Waals surface area contributed by atoms with Gasteiger partial charge in [0, 0.05) is 17.8 Å². The minimum absolute atomic E-state index is 0.137. The molecular weight excluding hydrogens is 362 g/mol. The van der Waals surface area contributed by atoms with Crippen molar-refractivity contribution < 1.29 is 19.2 Å². The van der Waals surface area contributed by atoms with Crippen molar-refractivity contribution in [1.82, 2.24) is 5.32 Å². The van der Waals surface area contributed by atoms with Gasteiger partial charge < -0.3 is 20.1 Å². The van der Waals surface area contributed by atoms with E-state index in [9.17, 15) is 14.9 Å². The first kappa shape index (κ1) is 21.0. The number of urea groups is 1. The Bertz CT molecular complexity index is 796. The zero-order chi connectivity index (χ0) is 20.4. The lowest BCUT2D eigenvalue weighted by atomic mass is 10.1. The molecule has 0 spiro atoms. The van der Waals surface area contributed by atoms with E-state index in [1.165, 1.54) is 6.07 Å². The Morgan fingerprint density at radius 3 is 2.29 bits per heavy atom. The molecule has 8 heteroatoms. The van der Waals surface area contributed by atoms with Gasteiger partial charge in [-0.15, -0.1) is 0 Å². The molecule has 0 aliphatic heterocycles. The summed E-state index contributed by atoms with van der Waals surface area (Å²) in [4.78, 5) is 23.0. The van der Waals surface area contributed by atoms with E-state index in [1.54, 1.807) is 18.2 Å². The normalized spacial score (nSPS) is 10.2. The predicted octanol–water partition coefficient (Wildman–Crippen LogP) is 4.49. The zero-order valence-electron chi connectivity index (χ0n) is 16.1. The van der Waals surface area contributed by atoms with Gasteiger partial charge in [-0.25, -0.2) is 4.79 Å². The highest BCUT2D eigenvalue weighted by atomic mass is 16.6. The first-order valence-electron chi connectivity index (χ1n) is 9.22. The Kier molecular flexibility index (Phi) is 8.08. The summed E-state index contributed by atoms with van der Waals surface area (Å²) in [5, 5.41) is 16.8. The van der Waals surface area contributed by atoms with Crippen LogP contribution in [0.2, 0.25) is 0 Å². The van der Waals surface area contributed by atoms with Gasteiger partial charge in [0.25, 0.3) is 0 Å². The van der Waals surface area contributed by atoms with E-state index in [-0.39, 0.29) is 24.0 Å². The van der Waals surface area contributed by atoms with Crippen molar-refractivity contribution in [3.63, 3.8) is 0 Å². The van der Waals surface area contributed by atoms with Gasteiger partial charge in [0.2, 0.25) is 0 Å². The summed E-state index contributed by atoms with van der Waals surface area (Å²) in [5.74, 6) is 0.522. The van der Waals surface area contributed by atoms with Gasteiger partial charge in [0.1, 0.15) is 5.75 Å². The topological polar surface area (TPSA) is 103 Å². The Morgan fingerprint density at radius 1 is 1.04 bits per heavy atom. The van der Waals surface area contributed by atoms with Gasteiger partial charge in [-0.05, 0) is 31.0 Å². The van der Waals surface area contributed by atoms with Gasteiger partial charge in [0.15, 0.2) is 5.75 Å². The van der Waals surface area contributed by atoms with Crippen LogP contribution in [-0.4, -0.2) is 24.2 Å². The van der Waals surface area contributed by atoms with Crippen LogP contribution in [0.4, 0.5) is 16.2 Å². The highest BCUT2D eigenvalue weighted by Crippen LogP contribution is 2.35. The standard InChI is InChI=1S/C20H25N3O5/c1-3-10-27-18-13-17(23(25)26)19(28-11-4-2)12-15(18)14-21-20(24)22-16-8-6-5-7-9-16/h5-9,12-13H,3-4,10-11,14H2,1-2H3,(H2,21,22,24). The highest BCUT2D eigenvalue weighted by Gasteiger charge is 2.21. The number of benzene rings is 2. The van der Waals surface area contributed by atoms with Crippen molar-refractivity contribution in [2.75, 3.05) is 18.5 Å². The summed E-state index contributed by atoms with van der Waals surface area (Å²) >= 11 is 0. The Balaban J connectivity index is 2.18. The lowest BCUT2D eigenvalue weighted by Crippen LogP contribution is -2.28. The van der Waals surface area contributed by atoms with Crippen LogP contribution >= 0.6 is 0 Å². The number of amides is 2. The molecule has 0 saturated heterocycles. The van der Waals surface area contributed by atoms with Crippen LogP contribution in [0.15, 0.2) is 42.5 Å². The number of ether oxygens (including phenoxy) is 2. The maximum absolute atomic E-state index is 12.1. The molecule has 0 aliphatic carbocycles. The molecule has 2 rings (SSSR count). The quantitative estimate of drug-likeness (QED) is 0.462. The summed E-state index contributed by atoms with van der Waals surface area (Å²) in [5.41, 5.74) is 1.11. The van der Waals surface area contributed by atoms with Crippen LogP contribution in [0.25, 0.3) is 0 Å². The molecule has 0 saturated carbocycles. The number of rotatable bonds is 10. The molecule has 0 aromatic heterocycles. The predicted molar refractivity (Wildman–Crippen MR) is 107 cm³/mol. The Morgan fingerprint density at radius 2 is 1.68 bits per heavy atom. The second kappa shape index (κ2) is 10.8. The molecule has 28 heavy (non-hydrogen) atoms. The van der Waals surface area contributed by atoms with Crippen molar-refractivity contribution in [3.05, 3.63) is 58.1 Å². The number of nitrogens with zero attached hydrogens (tertiary/aromatic N) is 1. The molecule has 0 unspecified atom stereocenters. The molecule has 2 aromatic rings. The minimum Gasteiger partial charge on any atom is -0.493 e. The number of carbonyl (C=O) groups is 1. The summed E-state index contributed by atoms with van der Waals surface area (Å²) in [6, 6.07) is 11.6. The molecule has 0 radical (unpaired) electrons. The third-order valence-electron chi connectivity index (χ3n) is 3.73. The number of hydrogen-bond donors (Lipinski definition) is 2. The second-order valence-electron chi connectivity index (χ2n) is 6.06. The fraction of sp³-hybridized carbons (Fsp3) is 0.350. The monoisotopic (exact) mass is 387 g/mol. The lowest BCUT2D eigenvalue weighted by Gasteiger charge is -2.15. The molecule has 0 atom stereocenters. The number of carbonyl (C=O) groups excluding carboxylic acids is 1. The zero-order valence-corrected chi connectivity index (χ0v) is 16.1. The van der Waals surface area contributed by atoms with Crippen molar-refractivity contribution in [2.45, 2.75) is 33.2 Å². The largest absolute Gasteiger partial charge is 0.493 e. The van der Waals surface area contributed by atoms with Gasteiger partial charge >= 0.3 is 11.7 Å². The van der Waals surface area contributed by atoms with Crippen molar-refractivity contribution >= 4 is 17.4 Å². The smallest absolute Gasteiger partial charge is 0.319 e. The van der Waals surface area contributed by atoms with Crippen LogP contribution in [0, 0.1) is 10.1 Å². The highest BCUT2D eigenvalue weighted by molar-refractivity contribution is 5.89. The van der Waals surface area contributed by atoms with Crippen LogP contribution in [0.1, 0.15) is 32.3 Å². The first-order valence-corrected chi connectivity index (χ1v) is 9.22. The average Bonchev–Trinajstić information content (AvgIpc) is 2.70. The van der Waals surface area contributed by atoms with Crippen LogP contribution < -0.4 is 20.1 Å². The van der Waals surface area contributed by atoms with E-state index in [0.717, 1.165) is 12.8 Å². The maximum Gasteiger partial charge on any atom is 0.319 e. The van der Waals surface area contributed by atoms with Crippen LogP contribution in [0.5, 0.6) is 11.5 Å². The van der Waals surface area contributed by atoms with E-state index in [4.69, 9.17) is 9.47 Å². The lowest BCUT2D eigenvalue weighted by molar-refractivity contribution is -0.386. The SMILES string of the molecule is CCCOc1cc([N+](=O)[O-])c(OCCC)cc1CNC(=O)Nc1ccccc1. The van der Waals surface area contributed by atoms with Gasteiger partial charge in [-0.3, -0.25) is 10.1 Å². The fourth-order valence-corrected chi connectivity index (χ4v) is 2.42. The van der Waals surface area contributed by atoms with E-state index >= 15 is 0 Å². The number of nitro groups is 1. The van der Waals surface area contributed by atoms with Crippen LogP contribution in [0.3, 0.4) is 0 Å². The van der Waals surface area contributed by atoms with Gasteiger partial charge in [0.05, 0.1) is 24.2 Å². The molecule has 0 fully saturated rings. The molecule has 2 amide bonds. The summed E-state index contributed by atoms with van der Waals surface area (Å²) in [6.07, 6.45) is 1.47. The van der Waals surface area contributed by atoms with E-state index in [0.29, 0.717) is 30.2 Å². The minimum atomic E-state index is -0.497. The summed E-state index contributed by atoms with van der Waals surface area (Å²) in [7, 11) is 0. The molecule has 2 aromatic carbocycles. The van der Waals surface area contributed by atoms with Crippen molar-refractivity contribution in [3.8, 4) is 11.5 Å². The average molecular weight is 387 g/mol. The Labute approximate surface area is 164 Å². The van der Waals surface area contributed by atoms with E-state index in [1.807, 2.05) is 32.0 Å². The molecule has 150 valence electrons. The Hall–Kier alpha value is -3.29. The van der Waals surface area contributed by atoms with E-state index < -0.39 is 4.92 Å². The molecule has 2 N–H and O–H groups in total. The molecule has 0 aliphatic rings. The molecule has 0 heterocycles. The maximum atomic E-state index is 12.1. The number of nitro benzene ring substituents is 1. The first-order chi connectivity index (χ1) is 13.5. The summed E-state index contributed by atoms with van der Waals surface area (Å²) in [6.45, 7) is 4.77. The second-order valence-corrected chi connectivity index (χ2v) is 6.06. The van der Waals surface area contributed by atoms with E-state index in [2.05, 4.69) is 10.6 Å². The number of hydrogen-bond acceptors (Lipinski definition) is 5. The van der Waals surface area contributed by atoms with Gasteiger partial charge in [-0.1, -0.05) is 32.0 Å². The fourth-order valence-electron chi connectivity index (χ4n) is 2.42. The van der Waals surface area contributed by atoms with Crippen molar-refractivity contribution in [2.24, 2.45) is 0 Å². The summed E-state index contributed by atoms with van der Waals surface area (Å²) < 4.78 is 11.2. The van der Waals surface area contributed by atoms with Gasteiger partial charge in [-0.2, -0.15) is 0 Å². The third kappa shape index (κ3) is 6.15. The van der Waals surface area contributed by atoms with Crippen LogP contribution in [-0.2, 0) is 6.54 Å². The van der Waals surface area contributed by atoms with Crippen molar-refractivity contribution in [1.29, 1.82) is 0 Å².